The van der Waals surface area contributed by atoms with E-state index in [1.165, 1.54) is 5.56 Å². The van der Waals surface area contributed by atoms with Crippen molar-refractivity contribution in [3.8, 4) is 5.75 Å². The molecule has 0 aliphatic heterocycles. The third kappa shape index (κ3) is 5.77. The summed E-state index contributed by atoms with van der Waals surface area (Å²) in [5.41, 5.74) is 8.25. The molecule has 0 saturated carbocycles. The first-order chi connectivity index (χ1) is 12.7. The Bertz CT molecular complexity index is 683. The summed E-state index contributed by atoms with van der Waals surface area (Å²) in [6.45, 7) is 6.99. The molecule has 0 heterocycles. The SMILES string of the molecule is CCN(CC)C(CN=C(N)Nc1ccccc1OC)Cc1ccccc1. The van der Waals surface area contributed by atoms with Crippen molar-refractivity contribution < 1.29 is 4.74 Å². The van der Waals surface area contributed by atoms with Gasteiger partial charge in [-0.05, 0) is 37.2 Å². The van der Waals surface area contributed by atoms with Gasteiger partial charge in [0.1, 0.15) is 5.75 Å². The zero-order valence-electron chi connectivity index (χ0n) is 16.0. The number of ether oxygens (including phenoxy) is 1. The molecule has 5 nitrogen and oxygen atoms in total. The first-order valence-corrected chi connectivity index (χ1v) is 9.15. The van der Waals surface area contributed by atoms with E-state index in [2.05, 4.69) is 53.3 Å². The number of likely N-dealkylation sites (N-methyl/N-ethyl adjacent to an activating group) is 1. The number of hydrogen-bond acceptors (Lipinski definition) is 3. The summed E-state index contributed by atoms with van der Waals surface area (Å²) < 4.78 is 5.34. The van der Waals surface area contributed by atoms with Crippen LogP contribution in [0.25, 0.3) is 0 Å². The lowest BCUT2D eigenvalue weighted by Gasteiger charge is -2.28. The highest BCUT2D eigenvalue weighted by Crippen LogP contribution is 2.22. The second kappa shape index (κ2) is 10.5. The monoisotopic (exact) mass is 354 g/mol. The molecule has 0 aliphatic rings. The lowest BCUT2D eigenvalue weighted by Crippen LogP contribution is -2.39. The fourth-order valence-corrected chi connectivity index (χ4v) is 3.06. The molecule has 3 N–H and O–H groups in total. The van der Waals surface area contributed by atoms with E-state index in [0.29, 0.717) is 18.5 Å². The number of nitrogens with zero attached hydrogens (tertiary/aromatic N) is 2. The van der Waals surface area contributed by atoms with Gasteiger partial charge in [0.05, 0.1) is 19.3 Å². The Balaban J connectivity index is 2.07. The summed E-state index contributed by atoms with van der Waals surface area (Å²) in [7, 11) is 1.64. The number of hydrogen-bond donors (Lipinski definition) is 2. The fourth-order valence-electron chi connectivity index (χ4n) is 3.06. The molecule has 0 amide bonds. The maximum absolute atomic E-state index is 6.12. The smallest absolute Gasteiger partial charge is 0.193 e. The number of benzene rings is 2. The summed E-state index contributed by atoms with van der Waals surface area (Å²) in [4.78, 5) is 7.02. The van der Waals surface area contributed by atoms with Gasteiger partial charge < -0.3 is 15.8 Å². The van der Waals surface area contributed by atoms with Gasteiger partial charge in [0.2, 0.25) is 0 Å². The van der Waals surface area contributed by atoms with Crippen LogP contribution in [0.1, 0.15) is 19.4 Å². The fraction of sp³-hybridized carbons (Fsp3) is 0.381. The van der Waals surface area contributed by atoms with Crippen LogP contribution >= 0.6 is 0 Å². The van der Waals surface area contributed by atoms with Gasteiger partial charge >= 0.3 is 0 Å². The van der Waals surface area contributed by atoms with Crippen molar-refractivity contribution in [2.75, 3.05) is 32.1 Å². The number of rotatable bonds is 9. The summed E-state index contributed by atoms with van der Waals surface area (Å²) in [5.74, 6) is 1.15. The van der Waals surface area contributed by atoms with Crippen LogP contribution < -0.4 is 15.8 Å². The van der Waals surface area contributed by atoms with Crippen LogP contribution in [0.15, 0.2) is 59.6 Å². The van der Waals surface area contributed by atoms with E-state index in [1.54, 1.807) is 7.11 Å². The van der Waals surface area contributed by atoms with Crippen LogP contribution in [0.4, 0.5) is 5.69 Å². The molecular formula is C21H30N4O. The minimum atomic E-state index is 0.311. The number of nitrogens with two attached hydrogens (primary N) is 1. The number of methoxy groups -OCH3 is 1. The molecular weight excluding hydrogens is 324 g/mol. The maximum atomic E-state index is 6.12. The molecule has 2 rings (SSSR count). The van der Waals surface area contributed by atoms with Crippen LogP contribution in [0.2, 0.25) is 0 Å². The lowest BCUT2D eigenvalue weighted by atomic mass is 10.0. The van der Waals surface area contributed by atoms with E-state index in [0.717, 1.165) is 30.9 Å². The van der Waals surface area contributed by atoms with E-state index >= 15 is 0 Å². The van der Waals surface area contributed by atoms with Gasteiger partial charge in [-0.1, -0.05) is 56.3 Å². The Morgan fingerprint density at radius 3 is 2.38 bits per heavy atom. The Labute approximate surface area is 156 Å². The molecule has 0 saturated heterocycles. The molecule has 0 bridgehead atoms. The molecule has 0 aliphatic carbocycles. The molecule has 26 heavy (non-hydrogen) atoms. The largest absolute Gasteiger partial charge is 0.495 e. The predicted molar refractivity (Wildman–Crippen MR) is 110 cm³/mol. The maximum Gasteiger partial charge on any atom is 0.193 e. The van der Waals surface area contributed by atoms with Gasteiger partial charge in [0, 0.05) is 6.04 Å². The zero-order chi connectivity index (χ0) is 18.8. The van der Waals surface area contributed by atoms with E-state index < -0.39 is 0 Å². The standard InChI is InChI=1S/C21H30N4O/c1-4-25(5-2)18(15-17-11-7-6-8-12-17)16-23-21(22)24-19-13-9-10-14-20(19)26-3/h6-14,18H,4-5,15-16H2,1-3H3,(H3,22,23,24). The summed E-state index contributed by atoms with van der Waals surface area (Å²) in [6, 6.07) is 18.5. The van der Waals surface area contributed by atoms with Crippen molar-refractivity contribution in [2.24, 2.45) is 10.7 Å². The Hall–Kier alpha value is -2.53. The van der Waals surface area contributed by atoms with Gasteiger partial charge in [-0.25, -0.2) is 0 Å². The van der Waals surface area contributed by atoms with E-state index in [1.807, 2.05) is 30.3 Å². The number of aliphatic imine (C=N–C) groups is 1. The third-order valence-electron chi connectivity index (χ3n) is 4.49. The van der Waals surface area contributed by atoms with Crippen LogP contribution in [0, 0.1) is 0 Å². The molecule has 5 heteroatoms. The van der Waals surface area contributed by atoms with E-state index in [9.17, 15) is 0 Å². The molecule has 1 unspecified atom stereocenters. The Morgan fingerprint density at radius 2 is 1.73 bits per heavy atom. The molecule has 2 aromatic rings. The molecule has 0 spiro atoms. The summed E-state index contributed by atoms with van der Waals surface area (Å²) >= 11 is 0. The van der Waals surface area contributed by atoms with Gasteiger partial charge in [0.15, 0.2) is 5.96 Å². The number of guanidine groups is 1. The number of anilines is 1. The molecule has 1 atom stereocenters. The summed E-state index contributed by atoms with van der Waals surface area (Å²) in [6.07, 6.45) is 0.952. The van der Waals surface area contributed by atoms with Crippen molar-refractivity contribution in [3.05, 3.63) is 60.2 Å². The molecule has 0 aromatic heterocycles. The van der Waals surface area contributed by atoms with E-state index in [-0.39, 0.29) is 0 Å². The first kappa shape index (κ1) is 19.8. The topological polar surface area (TPSA) is 62.9 Å². The predicted octanol–water partition coefficient (Wildman–Crippen LogP) is 3.37. The van der Waals surface area contributed by atoms with Gasteiger partial charge in [-0.2, -0.15) is 0 Å². The first-order valence-electron chi connectivity index (χ1n) is 9.15. The van der Waals surface area contributed by atoms with Crippen LogP contribution in [-0.2, 0) is 6.42 Å². The van der Waals surface area contributed by atoms with E-state index in [4.69, 9.17) is 10.5 Å². The minimum absolute atomic E-state index is 0.311. The average molecular weight is 354 g/mol. The summed E-state index contributed by atoms with van der Waals surface area (Å²) in [5, 5.41) is 3.14. The quantitative estimate of drug-likeness (QED) is 0.535. The van der Waals surface area contributed by atoms with Crippen LogP contribution in [-0.4, -0.2) is 43.6 Å². The number of para-hydroxylation sites is 2. The van der Waals surface area contributed by atoms with Crippen molar-refractivity contribution >= 4 is 11.6 Å². The second-order valence-electron chi connectivity index (χ2n) is 6.12. The lowest BCUT2D eigenvalue weighted by molar-refractivity contribution is 0.220. The highest BCUT2D eigenvalue weighted by Gasteiger charge is 2.16. The minimum Gasteiger partial charge on any atom is -0.495 e. The average Bonchev–Trinajstić information content (AvgIpc) is 2.68. The van der Waals surface area contributed by atoms with Crippen molar-refractivity contribution in [1.29, 1.82) is 0 Å². The van der Waals surface area contributed by atoms with Crippen molar-refractivity contribution in [2.45, 2.75) is 26.3 Å². The molecule has 0 fully saturated rings. The molecule has 0 radical (unpaired) electrons. The zero-order valence-corrected chi connectivity index (χ0v) is 16.0. The normalized spacial score (nSPS) is 12.8. The second-order valence-corrected chi connectivity index (χ2v) is 6.12. The highest BCUT2D eigenvalue weighted by molar-refractivity contribution is 5.93. The van der Waals surface area contributed by atoms with Crippen molar-refractivity contribution in [3.63, 3.8) is 0 Å². The number of nitrogens with one attached hydrogen (secondary N) is 1. The van der Waals surface area contributed by atoms with Crippen LogP contribution in [0.3, 0.4) is 0 Å². The molecule has 2 aromatic carbocycles. The third-order valence-corrected chi connectivity index (χ3v) is 4.49. The Morgan fingerprint density at radius 1 is 1.08 bits per heavy atom. The van der Waals surface area contributed by atoms with Gasteiger partial charge in [0.25, 0.3) is 0 Å². The van der Waals surface area contributed by atoms with Gasteiger partial charge in [-0.15, -0.1) is 0 Å². The van der Waals surface area contributed by atoms with Gasteiger partial charge in [-0.3, -0.25) is 9.89 Å². The highest BCUT2D eigenvalue weighted by atomic mass is 16.5. The molecule has 140 valence electrons. The van der Waals surface area contributed by atoms with Crippen LogP contribution in [0.5, 0.6) is 5.75 Å². The van der Waals surface area contributed by atoms with Crippen molar-refractivity contribution in [1.82, 2.24) is 4.90 Å². The Kier molecular flexibility index (Phi) is 7.96.